The maximum atomic E-state index is 12.3. The summed E-state index contributed by atoms with van der Waals surface area (Å²) in [6.45, 7) is 2.25. The topological polar surface area (TPSA) is 84.2 Å². The number of carbonyl (C=O) groups is 2. The van der Waals surface area contributed by atoms with Gasteiger partial charge >= 0.3 is 0 Å². The van der Waals surface area contributed by atoms with Gasteiger partial charge in [0, 0.05) is 13.0 Å². The quantitative estimate of drug-likeness (QED) is 0.554. The fraction of sp³-hybridized carbons (Fsp3) is 0.250. The maximum Gasteiger partial charge on any atom is 0.239 e. The van der Waals surface area contributed by atoms with Crippen LogP contribution in [0.2, 0.25) is 0 Å². The third-order valence-corrected chi connectivity index (χ3v) is 4.95. The zero-order chi connectivity index (χ0) is 20.6. The minimum atomic E-state index is -0.295. The van der Waals surface area contributed by atoms with Gasteiger partial charge in [0.2, 0.25) is 11.8 Å². The lowest BCUT2D eigenvalue weighted by molar-refractivity contribution is -0.126. The van der Waals surface area contributed by atoms with E-state index in [9.17, 15) is 9.59 Å². The molecule has 4 N–H and O–H groups in total. The molecule has 0 aliphatic heterocycles. The first kappa shape index (κ1) is 20.6. The smallest absolute Gasteiger partial charge is 0.239 e. The summed E-state index contributed by atoms with van der Waals surface area (Å²) < 4.78 is 0. The van der Waals surface area contributed by atoms with Gasteiger partial charge in [0.25, 0.3) is 0 Å². The van der Waals surface area contributed by atoms with E-state index in [1.54, 1.807) is 0 Å². The first-order chi connectivity index (χ1) is 14.0. The SMILES string of the molecule is Cc1ccc(CCC(=O)NCC(=O)NC(CN)c2ccc3ccccc3c2)cc1. The third-order valence-electron chi connectivity index (χ3n) is 4.95. The Labute approximate surface area is 171 Å². The number of amides is 2. The molecule has 0 spiro atoms. The van der Waals surface area contributed by atoms with Crippen LogP contribution in [0.5, 0.6) is 0 Å². The molecule has 5 heteroatoms. The van der Waals surface area contributed by atoms with Gasteiger partial charge in [0.05, 0.1) is 12.6 Å². The van der Waals surface area contributed by atoms with Crippen LogP contribution in [0.25, 0.3) is 10.8 Å². The standard InChI is InChI=1S/C24H27N3O2/c1-17-6-8-18(9-7-17)10-13-23(28)26-16-24(29)27-22(15-25)21-12-11-19-4-2-3-5-20(19)14-21/h2-9,11-12,14,22H,10,13,15-16,25H2,1H3,(H,26,28)(H,27,29). The molecule has 0 heterocycles. The number of fused-ring (bicyclic) bond motifs is 1. The van der Waals surface area contributed by atoms with Crippen molar-refractivity contribution in [1.29, 1.82) is 0 Å². The van der Waals surface area contributed by atoms with Crippen LogP contribution in [-0.2, 0) is 16.0 Å². The van der Waals surface area contributed by atoms with Gasteiger partial charge in [-0.3, -0.25) is 9.59 Å². The summed E-state index contributed by atoms with van der Waals surface area (Å²) in [6, 6.07) is 21.9. The normalized spacial score (nSPS) is 11.8. The van der Waals surface area contributed by atoms with E-state index in [-0.39, 0.29) is 30.9 Å². The molecule has 0 aliphatic carbocycles. The van der Waals surface area contributed by atoms with E-state index in [4.69, 9.17) is 5.73 Å². The molecule has 5 nitrogen and oxygen atoms in total. The Morgan fingerprint density at radius 3 is 2.38 bits per heavy atom. The number of hydrogen-bond donors (Lipinski definition) is 3. The zero-order valence-electron chi connectivity index (χ0n) is 16.7. The van der Waals surface area contributed by atoms with Gasteiger partial charge in [-0.1, -0.05) is 66.2 Å². The van der Waals surface area contributed by atoms with E-state index in [1.165, 1.54) is 5.56 Å². The van der Waals surface area contributed by atoms with Crippen molar-refractivity contribution < 1.29 is 9.59 Å². The Bertz CT molecular complexity index is 983. The lowest BCUT2D eigenvalue weighted by Crippen LogP contribution is -2.40. The maximum absolute atomic E-state index is 12.3. The Hall–Kier alpha value is -3.18. The summed E-state index contributed by atoms with van der Waals surface area (Å²) in [7, 11) is 0. The second-order valence-electron chi connectivity index (χ2n) is 7.22. The molecule has 29 heavy (non-hydrogen) atoms. The van der Waals surface area contributed by atoms with Crippen LogP contribution in [0, 0.1) is 6.92 Å². The average molecular weight is 389 g/mol. The van der Waals surface area contributed by atoms with E-state index in [2.05, 4.69) is 10.6 Å². The zero-order valence-corrected chi connectivity index (χ0v) is 16.7. The molecule has 1 atom stereocenters. The number of aryl methyl sites for hydroxylation is 2. The van der Waals surface area contributed by atoms with Crippen molar-refractivity contribution in [3.05, 3.63) is 83.4 Å². The van der Waals surface area contributed by atoms with Gasteiger partial charge in [-0.25, -0.2) is 0 Å². The molecule has 0 bridgehead atoms. The Morgan fingerprint density at radius 1 is 0.931 bits per heavy atom. The van der Waals surface area contributed by atoms with Crippen molar-refractivity contribution in [1.82, 2.24) is 10.6 Å². The summed E-state index contributed by atoms with van der Waals surface area (Å²) >= 11 is 0. The molecule has 3 rings (SSSR count). The van der Waals surface area contributed by atoms with Gasteiger partial charge in [0.15, 0.2) is 0 Å². The number of hydrogen-bond acceptors (Lipinski definition) is 3. The summed E-state index contributed by atoms with van der Waals surface area (Å²) in [4.78, 5) is 24.3. The Kier molecular flexibility index (Phi) is 6.98. The van der Waals surface area contributed by atoms with Crippen LogP contribution < -0.4 is 16.4 Å². The predicted molar refractivity (Wildman–Crippen MR) is 116 cm³/mol. The fourth-order valence-corrected chi connectivity index (χ4v) is 3.23. The first-order valence-electron chi connectivity index (χ1n) is 9.85. The third kappa shape index (κ3) is 5.90. The van der Waals surface area contributed by atoms with E-state index in [0.717, 1.165) is 21.9 Å². The van der Waals surface area contributed by atoms with E-state index in [0.29, 0.717) is 12.8 Å². The molecular formula is C24H27N3O2. The molecule has 150 valence electrons. The van der Waals surface area contributed by atoms with Crippen molar-refractivity contribution in [3.8, 4) is 0 Å². The lowest BCUT2D eigenvalue weighted by atomic mass is 10.0. The van der Waals surface area contributed by atoms with Crippen LogP contribution >= 0.6 is 0 Å². The van der Waals surface area contributed by atoms with Crippen LogP contribution in [0.15, 0.2) is 66.7 Å². The molecule has 0 aliphatic rings. The van der Waals surface area contributed by atoms with Gasteiger partial charge in [-0.15, -0.1) is 0 Å². The molecular weight excluding hydrogens is 362 g/mol. The lowest BCUT2D eigenvalue weighted by Gasteiger charge is -2.18. The number of nitrogens with two attached hydrogens (primary N) is 1. The van der Waals surface area contributed by atoms with Crippen LogP contribution in [0.4, 0.5) is 0 Å². The van der Waals surface area contributed by atoms with Crippen molar-refractivity contribution in [2.24, 2.45) is 5.73 Å². The number of nitrogens with one attached hydrogen (secondary N) is 2. The van der Waals surface area contributed by atoms with Crippen LogP contribution in [0.3, 0.4) is 0 Å². The van der Waals surface area contributed by atoms with Gasteiger partial charge < -0.3 is 16.4 Å². The summed E-state index contributed by atoms with van der Waals surface area (Å²) in [5.41, 5.74) is 9.12. The van der Waals surface area contributed by atoms with E-state index >= 15 is 0 Å². The number of rotatable bonds is 8. The second-order valence-corrected chi connectivity index (χ2v) is 7.22. The largest absolute Gasteiger partial charge is 0.347 e. The first-order valence-corrected chi connectivity index (χ1v) is 9.85. The van der Waals surface area contributed by atoms with Crippen molar-refractivity contribution >= 4 is 22.6 Å². The molecule has 0 saturated heterocycles. The monoisotopic (exact) mass is 389 g/mol. The van der Waals surface area contributed by atoms with Gasteiger partial charge in [-0.05, 0) is 41.3 Å². The molecule has 0 radical (unpaired) electrons. The van der Waals surface area contributed by atoms with E-state index in [1.807, 2.05) is 73.7 Å². The molecule has 3 aromatic rings. The Morgan fingerprint density at radius 2 is 1.66 bits per heavy atom. The molecule has 0 aromatic heterocycles. The Balaban J connectivity index is 1.49. The van der Waals surface area contributed by atoms with Gasteiger partial charge in [0.1, 0.15) is 0 Å². The van der Waals surface area contributed by atoms with Crippen LogP contribution in [-0.4, -0.2) is 24.9 Å². The van der Waals surface area contributed by atoms with E-state index < -0.39 is 0 Å². The molecule has 0 fully saturated rings. The number of carbonyl (C=O) groups excluding carboxylic acids is 2. The molecule has 2 amide bonds. The minimum Gasteiger partial charge on any atom is -0.347 e. The fourth-order valence-electron chi connectivity index (χ4n) is 3.23. The molecule has 3 aromatic carbocycles. The highest BCUT2D eigenvalue weighted by atomic mass is 16.2. The highest BCUT2D eigenvalue weighted by Crippen LogP contribution is 2.20. The van der Waals surface area contributed by atoms with Crippen molar-refractivity contribution in [3.63, 3.8) is 0 Å². The highest BCUT2D eigenvalue weighted by molar-refractivity contribution is 5.86. The molecule has 1 unspecified atom stereocenters. The van der Waals surface area contributed by atoms with Crippen LogP contribution in [0.1, 0.15) is 29.2 Å². The van der Waals surface area contributed by atoms with Crippen molar-refractivity contribution in [2.45, 2.75) is 25.8 Å². The average Bonchev–Trinajstić information content (AvgIpc) is 2.75. The minimum absolute atomic E-state index is 0.0587. The second kappa shape index (κ2) is 9.85. The molecule has 0 saturated carbocycles. The summed E-state index contributed by atoms with van der Waals surface area (Å²) in [5, 5.41) is 7.82. The number of benzene rings is 3. The highest BCUT2D eigenvalue weighted by Gasteiger charge is 2.14. The van der Waals surface area contributed by atoms with Crippen molar-refractivity contribution in [2.75, 3.05) is 13.1 Å². The predicted octanol–water partition coefficient (Wildman–Crippen LogP) is 3.01. The van der Waals surface area contributed by atoms with Gasteiger partial charge in [-0.2, -0.15) is 0 Å². The summed E-state index contributed by atoms with van der Waals surface area (Å²) in [5.74, 6) is -0.395. The summed E-state index contributed by atoms with van der Waals surface area (Å²) in [6.07, 6.45) is 0.998.